The van der Waals surface area contributed by atoms with Gasteiger partial charge in [-0.05, 0) is 55.8 Å². The highest BCUT2D eigenvalue weighted by molar-refractivity contribution is 5.07. The largest absolute Gasteiger partial charge is 0.307 e. The van der Waals surface area contributed by atoms with E-state index in [1.165, 1.54) is 19.3 Å². The first-order chi connectivity index (χ1) is 6.99. The summed E-state index contributed by atoms with van der Waals surface area (Å²) in [5.41, 5.74) is -0.0948. The van der Waals surface area contributed by atoms with Crippen molar-refractivity contribution in [3.8, 4) is 0 Å². The molecule has 4 aliphatic carbocycles. The van der Waals surface area contributed by atoms with E-state index in [0.717, 1.165) is 19.3 Å². The highest BCUT2D eigenvalue weighted by Crippen LogP contribution is 2.62. The van der Waals surface area contributed by atoms with Gasteiger partial charge in [-0.2, -0.15) is 0 Å². The molecule has 4 heteroatoms. The standard InChI is InChI=1S/C11H17NO3/c1-10-3-8-2-9(4-10)6-11(5-8,7-10)15-12(13)14/h8-9H,2-7H2,1H3. The van der Waals surface area contributed by atoms with Crippen molar-refractivity contribution >= 4 is 0 Å². The molecule has 15 heavy (non-hydrogen) atoms. The number of hydrogen-bond acceptors (Lipinski definition) is 3. The Kier molecular flexibility index (Phi) is 1.67. The Balaban J connectivity index is 1.89. The molecule has 4 saturated carbocycles. The molecule has 0 heterocycles. The van der Waals surface area contributed by atoms with Crippen molar-refractivity contribution in [2.45, 2.75) is 51.0 Å². The summed E-state index contributed by atoms with van der Waals surface area (Å²) in [5, 5.41) is 10.00. The molecule has 4 aliphatic rings. The predicted octanol–water partition coefficient (Wildman–Crippen LogP) is 2.55. The summed E-state index contributed by atoms with van der Waals surface area (Å²) in [6.45, 7) is 2.28. The van der Waals surface area contributed by atoms with E-state index in [9.17, 15) is 10.1 Å². The highest BCUT2D eigenvalue weighted by atomic mass is 17.0. The molecule has 2 unspecified atom stereocenters. The lowest BCUT2D eigenvalue weighted by Crippen LogP contribution is -2.56. The molecule has 4 nitrogen and oxygen atoms in total. The Bertz CT molecular complexity index is 301. The molecule has 2 atom stereocenters. The van der Waals surface area contributed by atoms with E-state index in [4.69, 9.17) is 4.84 Å². The van der Waals surface area contributed by atoms with E-state index in [0.29, 0.717) is 17.3 Å². The average molecular weight is 211 g/mol. The van der Waals surface area contributed by atoms with Crippen LogP contribution in [-0.4, -0.2) is 10.7 Å². The van der Waals surface area contributed by atoms with Crippen molar-refractivity contribution in [1.82, 2.24) is 0 Å². The predicted molar refractivity (Wildman–Crippen MR) is 53.6 cm³/mol. The van der Waals surface area contributed by atoms with Gasteiger partial charge in [-0.15, -0.1) is 10.1 Å². The maximum atomic E-state index is 10.6. The maximum Gasteiger partial charge on any atom is 0.295 e. The third-order valence-electron chi connectivity index (χ3n) is 4.57. The Morgan fingerprint density at radius 2 is 1.87 bits per heavy atom. The van der Waals surface area contributed by atoms with Crippen LogP contribution in [0, 0.1) is 27.4 Å². The van der Waals surface area contributed by atoms with E-state index in [2.05, 4.69) is 6.92 Å². The fourth-order valence-corrected chi connectivity index (χ4v) is 4.89. The fourth-order valence-electron chi connectivity index (χ4n) is 4.89. The quantitative estimate of drug-likeness (QED) is 0.521. The molecule has 84 valence electrons. The van der Waals surface area contributed by atoms with Gasteiger partial charge in [0.05, 0.1) is 0 Å². The summed E-state index contributed by atoms with van der Waals surface area (Å²) in [7, 11) is 0. The van der Waals surface area contributed by atoms with Crippen molar-refractivity contribution in [2.24, 2.45) is 17.3 Å². The van der Waals surface area contributed by atoms with Gasteiger partial charge in [-0.25, -0.2) is 0 Å². The Hall–Kier alpha value is -0.800. The van der Waals surface area contributed by atoms with Gasteiger partial charge in [0.15, 0.2) is 0 Å². The van der Waals surface area contributed by atoms with Gasteiger partial charge in [-0.1, -0.05) is 6.92 Å². The van der Waals surface area contributed by atoms with Crippen LogP contribution in [0.5, 0.6) is 0 Å². The number of rotatable bonds is 2. The van der Waals surface area contributed by atoms with Gasteiger partial charge < -0.3 is 4.84 Å². The van der Waals surface area contributed by atoms with Crippen LogP contribution in [0.2, 0.25) is 0 Å². The molecule has 0 amide bonds. The molecule has 4 fully saturated rings. The molecule has 4 rings (SSSR count). The second-order valence-electron chi connectivity index (χ2n) is 6.27. The zero-order valence-electron chi connectivity index (χ0n) is 9.07. The lowest BCUT2D eigenvalue weighted by Gasteiger charge is -2.59. The smallest absolute Gasteiger partial charge is 0.295 e. The molecular weight excluding hydrogens is 194 g/mol. The second kappa shape index (κ2) is 2.66. The average Bonchev–Trinajstić information content (AvgIpc) is 1.94. The van der Waals surface area contributed by atoms with Crippen LogP contribution in [0.25, 0.3) is 0 Å². The molecule has 0 radical (unpaired) electrons. The van der Waals surface area contributed by atoms with Crippen LogP contribution in [0.15, 0.2) is 0 Å². The van der Waals surface area contributed by atoms with Crippen molar-refractivity contribution in [1.29, 1.82) is 0 Å². The van der Waals surface area contributed by atoms with Crippen LogP contribution < -0.4 is 0 Å². The minimum Gasteiger partial charge on any atom is -0.307 e. The normalized spacial score (nSPS) is 51.8. The second-order valence-corrected chi connectivity index (χ2v) is 6.27. The monoisotopic (exact) mass is 211 g/mol. The summed E-state index contributed by atoms with van der Waals surface area (Å²) in [4.78, 5) is 15.6. The summed E-state index contributed by atoms with van der Waals surface area (Å²) in [6, 6.07) is 0. The Morgan fingerprint density at radius 3 is 2.33 bits per heavy atom. The fraction of sp³-hybridized carbons (Fsp3) is 1.00. The lowest BCUT2D eigenvalue weighted by atomic mass is 9.48. The van der Waals surface area contributed by atoms with E-state index in [-0.39, 0.29) is 0 Å². The molecule has 4 bridgehead atoms. The molecule has 0 aromatic heterocycles. The topological polar surface area (TPSA) is 52.4 Å². The molecule has 0 aromatic rings. The van der Waals surface area contributed by atoms with Crippen molar-refractivity contribution < 1.29 is 9.92 Å². The SMILES string of the molecule is CC12CC3CC(C1)CC(O[N+](=O)[O-])(C3)C2. The van der Waals surface area contributed by atoms with Crippen LogP contribution in [0.1, 0.15) is 45.4 Å². The van der Waals surface area contributed by atoms with E-state index < -0.39 is 10.7 Å². The highest BCUT2D eigenvalue weighted by Gasteiger charge is 2.57. The number of hydrogen-bond donors (Lipinski definition) is 0. The number of nitrogens with zero attached hydrogens (tertiary/aromatic N) is 1. The molecule has 0 aliphatic heterocycles. The van der Waals surface area contributed by atoms with Crippen LogP contribution in [0.4, 0.5) is 0 Å². The molecule has 0 spiro atoms. The Morgan fingerprint density at radius 1 is 1.27 bits per heavy atom. The van der Waals surface area contributed by atoms with Gasteiger partial charge in [0.2, 0.25) is 0 Å². The van der Waals surface area contributed by atoms with Crippen molar-refractivity contribution in [3.63, 3.8) is 0 Å². The minimum absolute atomic E-state index is 0.320. The Labute approximate surface area is 89.1 Å². The molecular formula is C11H17NO3. The van der Waals surface area contributed by atoms with E-state index in [1.54, 1.807) is 0 Å². The van der Waals surface area contributed by atoms with Gasteiger partial charge in [-0.3, -0.25) is 0 Å². The van der Waals surface area contributed by atoms with Crippen molar-refractivity contribution in [2.75, 3.05) is 0 Å². The zero-order valence-corrected chi connectivity index (χ0v) is 9.07. The first-order valence-corrected chi connectivity index (χ1v) is 5.82. The van der Waals surface area contributed by atoms with Crippen molar-refractivity contribution in [3.05, 3.63) is 10.1 Å². The molecule has 0 saturated heterocycles. The first-order valence-electron chi connectivity index (χ1n) is 5.82. The van der Waals surface area contributed by atoms with E-state index >= 15 is 0 Å². The van der Waals surface area contributed by atoms with Crippen LogP contribution in [0.3, 0.4) is 0 Å². The first kappa shape index (κ1) is 9.43. The van der Waals surface area contributed by atoms with E-state index in [1.807, 2.05) is 0 Å². The van der Waals surface area contributed by atoms with Gasteiger partial charge in [0.25, 0.3) is 5.09 Å². The maximum absolute atomic E-state index is 10.6. The lowest BCUT2D eigenvalue weighted by molar-refractivity contribution is -0.785. The molecule has 0 aromatic carbocycles. The zero-order chi connectivity index (χ0) is 10.7. The molecule has 0 N–H and O–H groups in total. The van der Waals surface area contributed by atoms with Gasteiger partial charge >= 0.3 is 0 Å². The van der Waals surface area contributed by atoms with Crippen LogP contribution in [-0.2, 0) is 4.84 Å². The summed E-state index contributed by atoms with van der Waals surface area (Å²) >= 11 is 0. The third-order valence-corrected chi connectivity index (χ3v) is 4.57. The van der Waals surface area contributed by atoms with Gasteiger partial charge in [0.1, 0.15) is 5.60 Å². The third kappa shape index (κ3) is 1.42. The van der Waals surface area contributed by atoms with Crippen LogP contribution >= 0.6 is 0 Å². The summed E-state index contributed by atoms with van der Waals surface area (Å²) in [5.74, 6) is 1.35. The van der Waals surface area contributed by atoms with Gasteiger partial charge in [0, 0.05) is 0 Å². The summed E-state index contributed by atoms with van der Waals surface area (Å²) < 4.78 is 0. The summed E-state index contributed by atoms with van der Waals surface area (Å²) in [6.07, 6.45) is 6.52. The minimum atomic E-state index is -0.573.